The van der Waals surface area contributed by atoms with Crippen molar-refractivity contribution in [2.45, 2.75) is 38.8 Å². The Morgan fingerprint density at radius 2 is 1.97 bits per heavy atom. The first kappa shape index (κ1) is 21.8. The van der Waals surface area contributed by atoms with Crippen molar-refractivity contribution in [2.75, 3.05) is 18.0 Å². The van der Waals surface area contributed by atoms with E-state index >= 15 is 0 Å². The minimum Gasteiger partial charge on any atom is -0.339 e. The smallest absolute Gasteiger partial charge is 0.228 e. The maximum absolute atomic E-state index is 13.5. The zero-order chi connectivity index (χ0) is 19.8. The molecule has 0 bridgehead atoms. The van der Waals surface area contributed by atoms with Crippen molar-refractivity contribution in [3.8, 4) is 0 Å². The quantitative estimate of drug-likeness (QED) is 0.798. The van der Waals surface area contributed by atoms with Crippen LogP contribution in [0, 0.1) is 18.8 Å². The minimum atomic E-state index is -0.355. The van der Waals surface area contributed by atoms with Gasteiger partial charge in [-0.05, 0) is 56.3 Å². The molecule has 2 N–H and O–H groups in total. The van der Waals surface area contributed by atoms with Gasteiger partial charge >= 0.3 is 0 Å². The fourth-order valence-electron chi connectivity index (χ4n) is 4.58. The van der Waals surface area contributed by atoms with Crippen LogP contribution in [-0.2, 0) is 9.59 Å². The lowest BCUT2D eigenvalue weighted by atomic mass is 9.96. The maximum atomic E-state index is 13.5. The molecule has 2 aliphatic heterocycles. The number of nitrogens with two attached hydrogens (primary N) is 1. The third-order valence-electron chi connectivity index (χ3n) is 6.06. The summed E-state index contributed by atoms with van der Waals surface area (Å²) >= 11 is 1.61. The van der Waals surface area contributed by atoms with Crippen LogP contribution in [0.5, 0.6) is 0 Å². The fraction of sp³-hybridized carbons (Fsp3) is 0.455. The van der Waals surface area contributed by atoms with Gasteiger partial charge in [-0.1, -0.05) is 23.8 Å². The highest BCUT2D eigenvalue weighted by molar-refractivity contribution is 7.10. The number of hydrogen-bond donors (Lipinski definition) is 1. The lowest BCUT2D eigenvalue weighted by molar-refractivity contribution is -0.137. The third-order valence-corrected chi connectivity index (χ3v) is 7.01. The number of rotatable bonds is 4. The molecular formula is C22H28ClN3O2S. The molecule has 1 aromatic carbocycles. The van der Waals surface area contributed by atoms with Crippen molar-refractivity contribution < 1.29 is 9.59 Å². The second-order valence-corrected chi connectivity index (χ2v) is 9.03. The van der Waals surface area contributed by atoms with Crippen molar-refractivity contribution in [2.24, 2.45) is 17.6 Å². The summed E-state index contributed by atoms with van der Waals surface area (Å²) in [7, 11) is 0. The first-order valence-corrected chi connectivity index (χ1v) is 10.8. The largest absolute Gasteiger partial charge is 0.339 e. The van der Waals surface area contributed by atoms with Gasteiger partial charge in [-0.15, -0.1) is 23.7 Å². The molecule has 0 aliphatic carbocycles. The number of carbonyl (C=O) groups is 2. The van der Waals surface area contributed by atoms with Gasteiger partial charge < -0.3 is 15.5 Å². The van der Waals surface area contributed by atoms with Gasteiger partial charge in [-0.2, -0.15) is 0 Å². The number of anilines is 1. The number of benzene rings is 1. The molecule has 156 valence electrons. The molecule has 2 saturated heterocycles. The summed E-state index contributed by atoms with van der Waals surface area (Å²) in [5.41, 5.74) is 7.86. The summed E-state index contributed by atoms with van der Waals surface area (Å²) < 4.78 is 0. The van der Waals surface area contributed by atoms with Crippen LogP contribution >= 0.6 is 23.7 Å². The summed E-state index contributed by atoms with van der Waals surface area (Å²) in [6.07, 6.45) is 1.19. The van der Waals surface area contributed by atoms with Crippen molar-refractivity contribution in [3.05, 3.63) is 52.2 Å². The number of hydrogen-bond acceptors (Lipinski definition) is 4. The Kier molecular flexibility index (Phi) is 6.66. The molecule has 2 amide bonds. The van der Waals surface area contributed by atoms with E-state index in [1.165, 1.54) is 0 Å². The van der Waals surface area contributed by atoms with Crippen LogP contribution in [-0.4, -0.2) is 35.8 Å². The van der Waals surface area contributed by atoms with Crippen LogP contribution in [0.1, 0.15) is 36.2 Å². The van der Waals surface area contributed by atoms with Gasteiger partial charge in [-0.3, -0.25) is 9.59 Å². The highest BCUT2D eigenvalue weighted by Gasteiger charge is 2.48. The number of amides is 2. The summed E-state index contributed by atoms with van der Waals surface area (Å²) in [5, 5.41) is 2.01. The Labute approximate surface area is 182 Å². The summed E-state index contributed by atoms with van der Waals surface area (Å²) in [4.78, 5) is 31.4. The van der Waals surface area contributed by atoms with Gasteiger partial charge in [0.05, 0.1) is 12.0 Å². The summed E-state index contributed by atoms with van der Waals surface area (Å²) in [6, 6.07) is 11.9. The van der Waals surface area contributed by atoms with E-state index in [9.17, 15) is 9.59 Å². The number of likely N-dealkylation sites (tertiary alicyclic amines) is 1. The van der Waals surface area contributed by atoms with Gasteiger partial charge in [0, 0.05) is 29.6 Å². The number of nitrogens with zero attached hydrogens (tertiary/aromatic N) is 2. The second-order valence-electron chi connectivity index (χ2n) is 8.05. The average molecular weight is 434 g/mol. The standard InChI is InChI=1S/C22H27N3O2S.ClH/c1-14-5-7-17(8-6-14)25-20(26)11-18(21(25)19-4-3-9-28-19)22(27)24-13-16(12-23)10-15(24)2;/h3-9,15-16,18,21H,10-13,23H2,1-2H3;1H. The predicted molar refractivity (Wildman–Crippen MR) is 119 cm³/mol. The van der Waals surface area contributed by atoms with Crippen molar-refractivity contribution in [1.82, 2.24) is 4.90 Å². The first-order valence-electron chi connectivity index (χ1n) is 9.92. The van der Waals surface area contributed by atoms with Gasteiger partial charge in [-0.25, -0.2) is 0 Å². The third kappa shape index (κ3) is 4.06. The number of halogens is 1. The van der Waals surface area contributed by atoms with Gasteiger partial charge in [0.1, 0.15) is 0 Å². The van der Waals surface area contributed by atoms with E-state index in [-0.39, 0.29) is 48.6 Å². The van der Waals surface area contributed by atoms with E-state index in [4.69, 9.17) is 5.73 Å². The SMILES string of the molecule is Cc1ccc(N2C(=O)CC(C(=O)N3CC(CN)CC3C)C2c2cccs2)cc1.Cl. The molecule has 2 fully saturated rings. The second kappa shape index (κ2) is 8.86. The van der Waals surface area contributed by atoms with Gasteiger partial charge in [0.25, 0.3) is 0 Å². The van der Waals surface area contributed by atoms with E-state index in [2.05, 4.69) is 6.92 Å². The molecule has 0 spiro atoms. The van der Waals surface area contributed by atoms with Crippen LogP contribution in [0.4, 0.5) is 5.69 Å². The summed E-state index contributed by atoms with van der Waals surface area (Å²) in [5.74, 6) is 0.100. The Balaban J connectivity index is 0.00000240. The van der Waals surface area contributed by atoms with E-state index in [1.807, 2.05) is 58.5 Å². The Hall–Kier alpha value is -1.89. The molecule has 29 heavy (non-hydrogen) atoms. The van der Waals surface area contributed by atoms with Crippen molar-refractivity contribution in [3.63, 3.8) is 0 Å². The topological polar surface area (TPSA) is 66.6 Å². The van der Waals surface area contributed by atoms with Crippen LogP contribution in [0.15, 0.2) is 41.8 Å². The van der Waals surface area contributed by atoms with Crippen LogP contribution in [0.25, 0.3) is 0 Å². The number of carbonyl (C=O) groups excluding carboxylic acids is 2. The Bertz CT molecular complexity index is 855. The summed E-state index contributed by atoms with van der Waals surface area (Å²) in [6.45, 7) is 5.41. The van der Waals surface area contributed by atoms with Gasteiger partial charge in [0.2, 0.25) is 11.8 Å². The van der Waals surface area contributed by atoms with Gasteiger partial charge in [0.15, 0.2) is 0 Å². The van der Waals surface area contributed by atoms with Crippen LogP contribution < -0.4 is 10.6 Å². The molecule has 2 aromatic rings. The number of aryl methyl sites for hydroxylation is 1. The van der Waals surface area contributed by atoms with E-state index in [0.29, 0.717) is 19.0 Å². The first-order chi connectivity index (χ1) is 13.5. The van der Waals surface area contributed by atoms with Crippen LogP contribution in [0.2, 0.25) is 0 Å². The highest BCUT2D eigenvalue weighted by atomic mass is 35.5. The lowest BCUT2D eigenvalue weighted by Gasteiger charge is -2.31. The van der Waals surface area contributed by atoms with Crippen LogP contribution in [0.3, 0.4) is 0 Å². The predicted octanol–water partition coefficient (Wildman–Crippen LogP) is 3.77. The van der Waals surface area contributed by atoms with E-state index in [1.54, 1.807) is 11.3 Å². The molecule has 2 aliphatic rings. The van der Waals surface area contributed by atoms with Crippen molar-refractivity contribution >= 4 is 41.2 Å². The fourth-order valence-corrected chi connectivity index (χ4v) is 5.46. The molecule has 0 radical (unpaired) electrons. The minimum absolute atomic E-state index is 0. The molecular weight excluding hydrogens is 406 g/mol. The maximum Gasteiger partial charge on any atom is 0.228 e. The Morgan fingerprint density at radius 3 is 2.55 bits per heavy atom. The molecule has 4 rings (SSSR count). The molecule has 4 atom stereocenters. The zero-order valence-corrected chi connectivity index (χ0v) is 18.4. The monoisotopic (exact) mass is 433 g/mol. The molecule has 3 heterocycles. The molecule has 7 heteroatoms. The molecule has 4 unspecified atom stereocenters. The number of thiophene rings is 1. The van der Waals surface area contributed by atoms with E-state index in [0.717, 1.165) is 22.5 Å². The average Bonchev–Trinajstić information content (AvgIpc) is 3.40. The molecule has 0 saturated carbocycles. The lowest BCUT2D eigenvalue weighted by Crippen LogP contribution is -2.41. The molecule has 1 aromatic heterocycles. The van der Waals surface area contributed by atoms with Crippen molar-refractivity contribution in [1.29, 1.82) is 0 Å². The molecule has 5 nitrogen and oxygen atoms in total. The highest BCUT2D eigenvalue weighted by Crippen LogP contribution is 2.44. The zero-order valence-electron chi connectivity index (χ0n) is 16.8. The Morgan fingerprint density at radius 1 is 1.24 bits per heavy atom. The van der Waals surface area contributed by atoms with E-state index < -0.39 is 0 Å². The normalized spacial score (nSPS) is 26.7.